The second-order valence-electron chi connectivity index (χ2n) is 6.33. The number of amides is 3. The van der Waals surface area contributed by atoms with Gasteiger partial charge in [0.1, 0.15) is 6.04 Å². The largest absolute Gasteiger partial charge is 0.361 e. The number of aromatic amines is 1. The van der Waals surface area contributed by atoms with Crippen molar-refractivity contribution in [3.8, 4) is 0 Å². The number of fused-ring (bicyclic) bond motifs is 1. The van der Waals surface area contributed by atoms with Crippen molar-refractivity contribution < 1.29 is 18.0 Å². The summed E-state index contributed by atoms with van der Waals surface area (Å²) in [4.78, 5) is 29.0. The van der Waals surface area contributed by atoms with Crippen LogP contribution in [0.2, 0.25) is 0 Å². The highest BCUT2D eigenvalue weighted by Gasteiger charge is 2.45. The summed E-state index contributed by atoms with van der Waals surface area (Å²) in [5.74, 6) is -0.444. The van der Waals surface area contributed by atoms with Crippen molar-refractivity contribution in [1.82, 2.24) is 15.2 Å². The molecule has 1 aromatic carbocycles. The predicted molar refractivity (Wildman–Crippen MR) is 88.2 cm³/mol. The summed E-state index contributed by atoms with van der Waals surface area (Å²) >= 11 is 0. The lowest BCUT2D eigenvalue weighted by Gasteiger charge is -2.19. The van der Waals surface area contributed by atoms with E-state index in [2.05, 4.69) is 10.3 Å². The first kappa shape index (κ1) is 15.2. The standard InChI is InChI=1S/C16H17N3O4S/c20-15-14(7-10-8-17-13-4-2-1-3-12(10)13)18-16(21)19(15)11-5-6-24(22,23)9-11/h1-4,8,11,14,17H,5-7,9H2,(H,18,21)/t11-,14+/m1/s1. The van der Waals surface area contributed by atoms with Gasteiger partial charge in [-0.3, -0.25) is 9.69 Å². The average Bonchev–Trinajstić information content (AvgIpc) is 3.18. The van der Waals surface area contributed by atoms with E-state index in [1.807, 2.05) is 30.5 Å². The summed E-state index contributed by atoms with van der Waals surface area (Å²) in [6, 6.07) is 6.06. The molecule has 24 heavy (non-hydrogen) atoms. The van der Waals surface area contributed by atoms with E-state index in [0.29, 0.717) is 12.8 Å². The Kier molecular flexibility index (Phi) is 3.38. The Morgan fingerprint density at radius 3 is 2.75 bits per heavy atom. The first-order chi connectivity index (χ1) is 11.4. The van der Waals surface area contributed by atoms with Crippen LogP contribution < -0.4 is 5.32 Å². The number of benzene rings is 1. The normalized spacial score (nSPS) is 26.2. The smallest absolute Gasteiger partial charge is 0.325 e. The maximum Gasteiger partial charge on any atom is 0.325 e. The zero-order valence-corrected chi connectivity index (χ0v) is 13.7. The second-order valence-corrected chi connectivity index (χ2v) is 8.56. The first-order valence-corrected chi connectivity index (χ1v) is 9.66. The fourth-order valence-electron chi connectivity index (χ4n) is 3.53. The average molecular weight is 347 g/mol. The number of rotatable bonds is 3. The number of imide groups is 1. The maximum absolute atomic E-state index is 12.6. The van der Waals surface area contributed by atoms with Gasteiger partial charge in [0.05, 0.1) is 17.5 Å². The van der Waals surface area contributed by atoms with E-state index in [1.165, 1.54) is 0 Å². The van der Waals surface area contributed by atoms with E-state index in [-0.39, 0.29) is 17.4 Å². The quantitative estimate of drug-likeness (QED) is 0.803. The third-order valence-corrected chi connectivity index (χ3v) is 6.47. The van der Waals surface area contributed by atoms with Gasteiger partial charge in [0, 0.05) is 23.5 Å². The molecule has 2 aromatic rings. The molecule has 3 heterocycles. The highest BCUT2D eigenvalue weighted by molar-refractivity contribution is 7.91. The molecule has 2 atom stereocenters. The molecule has 0 bridgehead atoms. The van der Waals surface area contributed by atoms with Crippen molar-refractivity contribution in [2.24, 2.45) is 0 Å². The lowest BCUT2D eigenvalue weighted by Crippen LogP contribution is -2.41. The minimum Gasteiger partial charge on any atom is -0.361 e. The van der Waals surface area contributed by atoms with Crippen LogP contribution in [0.4, 0.5) is 4.79 Å². The van der Waals surface area contributed by atoms with E-state index in [4.69, 9.17) is 0 Å². The Labute approximate surface area is 138 Å². The second kappa shape index (κ2) is 5.34. The fraction of sp³-hybridized carbons (Fsp3) is 0.375. The van der Waals surface area contributed by atoms with Gasteiger partial charge < -0.3 is 10.3 Å². The van der Waals surface area contributed by atoms with E-state index >= 15 is 0 Å². The summed E-state index contributed by atoms with van der Waals surface area (Å²) in [7, 11) is -3.15. The topological polar surface area (TPSA) is 99.3 Å². The summed E-state index contributed by atoms with van der Waals surface area (Å²) in [6.07, 6.45) is 2.54. The number of aromatic nitrogens is 1. The molecule has 0 spiro atoms. The van der Waals surface area contributed by atoms with E-state index in [9.17, 15) is 18.0 Å². The molecular formula is C16H17N3O4S. The Morgan fingerprint density at radius 1 is 1.21 bits per heavy atom. The van der Waals surface area contributed by atoms with Gasteiger partial charge >= 0.3 is 6.03 Å². The number of hydrogen-bond acceptors (Lipinski definition) is 4. The van der Waals surface area contributed by atoms with Crippen molar-refractivity contribution in [2.75, 3.05) is 11.5 Å². The van der Waals surface area contributed by atoms with Gasteiger partial charge in [0.25, 0.3) is 5.91 Å². The molecule has 0 unspecified atom stereocenters. The van der Waals surface area contributed by atoms with E-state index in [1.54, 1.807) is 0 Å². The minimum atomic E-state index is -3.15. The van der Waals surface area contributed by atoms with Gasteiger partial charge in [-0.1, -0.05) is 18.2 Å². The molecule has 0 aliphatic carbocycles. The number of carbonyl (C=O) groups excluding carboxylic acids is 2. The number of carbonyl (C=O) groups is 2. The van der Waals surface area contributed by atoms with E-state index < -0.39 is 28.0 Å². The number of hydrogen-bond donors (Lipinski definition) is 2. The van der Waals surface area contributed by atoms with Crippen molar-refractivity contribution in [3.63, 3.8) is 0 Å². The summed E-state index contributed by atoms with van der Waals surface area (Å²) in [5.41, 5.74) is 1.92. The van der Waals surface area contributed by atoms with Crippen LogP contribution in [0, 0.1) is 0 Å². The molecule has 126 valence electrons. The molecule has 2 saturated heterocycles. The number of nitrogens with zero attached hydrogens (tertiary/aromatic N) is 1. The molecule has 3 amide bonds. The predicted octanol–water partition coefficient (Wildman–Crippen LogP) is 0.818. The third kappa shape index (κ3) is 2.47. The Bertz CT molecular complexity index is 934. The Balaban J connectivity index is 1.55. The molecule has 0 saturated carbocycles. The number of urea groups is 1. The highest BCUT2D eigenvalue weighted by atomic mass is 32.2. The first-order valence-electron chi connectivity index (χ1n) is 7.83. The van der Waals surface area contributed by atoms with Crippen LogP contribution in [-0.2, 0) is 21.1 Å². The number of H-pyrrole nitrogens is 1. The van der Waals surface area contributed by atoms with Gasteiger partial charge in [-0.05, 0) is 18.1 Å². The molecule has 1 aromatic heterocycles. The molecule has 8 heteroatoms. The van der Waals surface area contributed by atoms with Gasteiger partial charge in [0.15, 0.2) is 9.84 Å². The molecule has 2 fully saturated rings. The molecule has 4 rings (SSSR count). The number of sulfone groups is 1. The lowest BCUT2D eigenvalue weighted by molar-refractivity contribution is -0.128. The summed E-state index contributed by atoms with van der Waals surface area (Å²) in [5, 5.41) is 3.70. The van der Waals surface area contributed by atoms with Crippen LogP contribution in [0.3, 0.4) is 0 Å². The fourth-order valence-corrected chi connectivity index (χ4v) is 5.23. The number of para-hydroxylation sites is 1. The van der Waals surface area contributed by atoms with Gasteiger partial charge in [0.2, 0.25) is 0 Å². The third-order valence-electron chi connectivity index (χ3n) is 4.72. The minimum absolute atomic E-state index is 0.0296. The van der Waals surface area contributed by atoms with Crippen LogP contribution >= 0.6 is 0 Å². The van der Waals surface area contributed by atoms with Crippen LogP contribution in [0.1, 0.15) is 12.0 Å². The molecular weight excluding hydrogens is 330 g/mol. The Hall–Kier alpha value is -2.35. The van der Waals surface area contributed by atoms with Crippen LogP contribution in [0.25, 0.3) is 10.9 Å². The van der Waals surface area contributed by atoms with Crippen molar-refractivity contribution in [2.45, 2.75) is 24.9 Å². The van der Waals surface area contributed by atoms with Crippen molar-refractivity contribution in [3.05, 3.63) is 36.0 Å². The zero-order chi connectivity index (χ0) is 16.9. The van der Waals surface area contributed by atoms with Crippen LogP contribution in [-0.4, -0.2) is 53.8 Å². The van der Waals surface area contributed by atoms with Gasteiger partial charge in [-0.2, -0.15) is 0 Å². The van der Waals surface area contributed by atoms with Crippen LogP contribution in [0.15, 0.2) is 30.5 Å². The maximum atomic E-state index is 12.6. The Morgan fingerprint density at radius 2 is 2.00 bits per heavy atom. The molecule has 0 radical (unpaired) electrons. The highest BCUT2D eigenvalue weighted by Crippen LogP contribution is 2.25. The van der Waals surface area contributed by atoms with Crippen LogP contribution in [0.5, 0.6) is 0 Å². The van der Waals surface area contributed by atoms with Gasteiger partial charge in [-0.15, -0.1) is 0 Å². The molecule has 2 aliphatic heterocycles. The molecule has 2 N–H and O–H groups in total. The van der Waals surface area contributed by atoms with E-state index in [0.717, 1.165) is 21.4 Å². The lowest BCUT2D eigenvalue weighted by atomic mass is 10.0. The monoisotopic (exact) mass is 347 g/mol. The summed E-state index contributed by atoms with van der Waals surface area (Å²) < 4.78 is 23.2. The van der Waals surface area contributed by atoms with Gasteiger partial charge in [-0.25, -0.2) is 13.2 Å². The van der Waals surface area contributed by atoms with Crippen molar-refractivity contribution >= 4 is 32.7 Å². The molecule has 7 nitrogen and oxygen atoms in total. The number of nitrogens with one attached hydrogen (secondary N) is 2. The molecule has 2 aliphatic rings. The summed E-state index contributed by atoms with van der Waals surface area (Å²) in [6.45, 7) is 0. The SMILES string of the molecule is O=C1N[C@@H](Cc2c[nH]c3ccccc23)C(=O)N1[C@@H]1CCS(=O)(=O)C1. The van der Waals surface area contributed by atoms with Crippen molar-refractivity contribution in [1.29, 1.82) is 0 Å². The zero-order valence-electron chi connectivity index (χ0n) is 12.9.